The van der Waals surface area contributed by atoms with E-state index in [1.807, 2.05) is 12.1 Å². The fourth-order valence-corrected chi connectivity index (χ4v) is 5.41. The zero-order chi connectivity index (χ0) is 22.5. The molecule has 172 valence electrons. The molecule has 0 spiro atoms. The van der Waals surface area contributed by atoms with E-state index < -0.39 is 0 Å². The van der Waals surface area contributed by atoms with Gasteiger partial charge in [0.2, 0.25) is 0 Å². The van der Waals surface area contributed by atoms with Crippen molar-refractivity contribution in [2.24, 2.45) is 5.92 Å². The van der Waals surface area contributed by atoms with Crippen LogP contribution in [-0.2, 0) is 16.1 Å². The van der Waals surface area contributed by atoms with Crippen LogP contribution in [0.15, 0.2) is 30.8 Å². The Balaban J connectivity index is 1.38. The second-order valence-electron chi connectivity index (χ2n) is 8.98. The monoisotopic (exact) mass is 455 g/mol. The molecule has 32 heavy (non-hydrogen) atoms. The molecule has 6 nitrogen and oxygen atoms in total. The smallest absolute Gasteiger partial charge is 0.182 e. The lowest BCUT2D eigenvalue weighted by molar-refractivity contribution is -0.112. The van der Waals surface area contributed by atoms with Gasteiger partial charge < -0.3 is 19.2 Å². The summed E-state index contributed by atoms with van der Waals surface area (Å²) in [7, 11) is 2.07. The molecule has 2 aliphatic rings. The molecule has 2 aromatic heterocycles. The third kappa shape index (κ3) is 5.31. The van der Waals surface area contributed by atoms with E-state index in [0.717, 1.165) is 59.5 Å². The van der Waals surface area contributed by atoms with Crippen LogP contribution < -0.4 is 4.74 Å². The number of aldehydes is 1. The third-order valence-electron chi connectivity index (χ3n) is 6.77. The Labute approximate surface area is 194 Å². The minimum absolute atomic E-state index is 0.0833. The molecule has 2 aliphatic carbocycles. The van der Waals surface area contributed by atoms with Gasteiger partial charge in [0.25, 0.3) is 0 Å². The van der Waals surface area contributed by atoms with E-state index in [9.17, 15) is 4.79 Å². The molecule has 2 atom stereocenters. The Morgan fingerprint density at radius 2 is 2.06 bits per heavy atom. The second kappa shape index (κ2) is 10.5. The van der Waals surface area contributed by atoms with Crippen LogP contribution in [0.5, 0.6) is 5.75 Å². The van der Waals surface area contributed by atoms with Crippen molar-refractivity contribution in [2.75, 3.05) is 7.05 Å². The lowest BCUT2D eigenvalue weighted by Gasteiger charge is -2.27. The van der Waals surface area contributed by atoms with Crippen LogP contribution in [0.25, 0.3) is 11.4 Å². The topological polar surface area (TPSA) is 64.5 Å². The predicted molar refractivity (Wildman–Crippen MR) is 126 cm³/mol. The van der Waals surface area contributed by atoms with Gasteiger partial charge in [-0.05, 0) is 75.7 Å². The number of carbonyl (C=O) groups excluding carboxylic acids is 1. The van der Waals surface area contributed by atoms with Gasteiger partial charge in [0.15, 0.2) is 5.88 Å². The Hall–Kier alpha value is -2.41. The zero-order valence-corrected chi connectivity index (χ0v) is 19.9. The van der Waals surface area contributed by atoms with Crippen LogP contribution in [0.1, 0.15) is 61.8 Å². The summed E-state index contributed by atoms with van der Waals surface area (Å²) in [5.41, 5.74) is 2.72. The highest BCUT2D eigenvalue weighted by atomic mass is 32.1. The zero-order valence-electron chi connectivity index (χ0n) is 19.1. The Kier molecular flexibility index (Phi) is 7.45. The third-order valence-corrected chi connectivity index (χ3v) is 7.57. The maximum Gasteiger partial charge on any atom is 0.182 e. The summed E-state index contributed by atoms with van der Waals surface area (Å²) < 4.78 is 16.8. The highest BCUT2D eigenvalue weighted by molar-refractivity contribution is 7.06. The maximum absolute atomic E-state index is 11.1. The van der Waals surface area contributed by atoms with Crippen molar-refractivity contribution in [1.29, 1.82) is 0 Å². The van der Waals surface area contributed by atoms with Crippen molar-refractivity contribution in [3.8, 4) is 17.1 Å². The van der Waals surface area contributed by atoms with E-state index >= 15 is 0 Å². The number of hydrogen-bond donors (Lipinski definition) is 0. The van der Waals surface area contributed by atoms with Gasteiger partial charge >= 0.3 is 0 Å². The normalized spacial score (nSPS) is 21.3. The molecule has 2 fully saturated rings. The first-order chi connectivity index (χ1) is 15.5. The van der Waals surface area contributed by atoms with Crippen LogP contribution in [-0.4, -0.2) is 39.7 Å². The summed E-state index contributed by atoms with van der Waals surface area (Å²) in [6.45, 7) is 6.64. The first kappa shape index (κ1) is 22.8. The molecular formula is C25H33N3O3S. The van der Waals surface area contributed by atoms with Gasteiger partial charge in [-0.2, -0.15) is 4.37 Å². The van der Waals surface area contributed by atoms with Gasteiger partial charge in [-0.1, -0.05) is 12.8 Å². The molecule has 4 rings (SSSR count). The number of aryl methyl sites for hydroxylation is 1. The Morgan fingerprint density at radius 1 is 1.25 bits per heavy atom. The van der Waals surface area contributed by atoms with Gasteiger partial charge in [-0.25, -0.2) is 0 Å². The summed E-state index contributed by atoms with van der Waals surface area (Å²) >= 11 is 1.47. The summed E-state index contributed by atoms with van der Waals surface area (Å²) in [4.78, 5) is 19.0. The van der Waals surface area contributed by atoms with Crippen LogP contribution in [0, 0.1) is 12.8 Å². The molecule has 2 saturated carbocycles. The van der Waals surface area contributed by atoms with E-state index in [1.54, 1.807) is 6.20 Å². The highest BCUT2D eigenvalue weighted by Crippen LogP contribution is 2.31. The lowest BCUT2D eigenvalue weighted by Crippen LogP contribution is -2.29. The number of aromatic nitrogens is 2. The van der Waals surface area contributed by atoms with Crippen molar-refractivity contribution < 1.29 is 14.3 Å². The largest absolute Gasteiger partial charge is 0.489 e. The fourth-order valence-electron chi connectivity index (χ4n) is 4.71. The number of rotatable bonds is 9. The predicted octanol–water partition coefficient (Wildman–Crippen LogP) is 5.51. The van der Waals surface area contributed by atoms with Gasteiger partial charge in [0, 0.05) is 29.4 Å². The van der Waals surface area contributed by atoms with Gasteiger partial charge in [-0.3, -0.25) is 4.98 Å². The standard InChI is InChI=1S/C25H33N3O3S/c1-17-23(16-30-18(2)28(3)20-8-4-5-9-20)25(27-32-17)24-12-11-22(14-26-24)31-21-10-6-7-19(13-21)15-29/h11-12,14-15,19-21H,2,4-10,13,16H2,1,3H3/t19-,21?/m0/s1. The van der Waals surface area contributed by atoms with Crippen molar-refractivity contribution in [1.82, 2.24) is 14.3 Å². The molecule has 0 bridgehead atoms. The molecule has 2 aromatic rings. The number of carbonyl (C=O) groups is 1. The van der Waals surface area contributed by atoms with Crippen molar-refractivity contribution in [2.45, 2.75) is 77.0 Å². The average Bonchev–Trinajstić information content (AvgIpc) is 3.48. The van der Waals surface area contributed by atoms with Crippen LogP contribution in [0.4, 0.5) is 0 Å². The van der Waals surface area contributed by atoms with Gasteiger partial charge in [-0.15, -0.1) is 0 Å². The fraction of sp³-hybridized carbons (Fsp3) is 0.560. The van der Waals surface area contributed by atoms with E-state index in [4.69, 9.17) is 9.47 Å². The maximum atomic E-state index is 11.1. The molecule has 0 amide bonds. The van der Waals surface area contributed by atoms with Crippen LogP contribution in [0.2, 0.25) is 0 Å². The van der Waals surface area contributed by atoms with E-state index in [2.05, 4.69) is 34.8 Å². The second-order valence-corrected chi connectivity index (χ2v) is 9.96. The van der Waals surface area contributed by atoms with E-state index in [0.29, 0.717) is 18.5 Å². The molecular weight excluding hydrogens is 422 g/mol. The average molecular weight is 456 g/mol. The summed E-state index contributed by atoms with van der Waals surface area (Å²) in [6.07, 6.45) is 11.6. The quantitative estimate of drug-likeness (QED) is 0.367. The molecule has 0 aromatic carbocycles. The number of hydrogen-bond acceptors (Lipinski definition) is 7. The first-order valence-corrected chi connectivity index (χ1v) is 12.4. The number of ether oxygens (including phenoxy) is 2. The first-order valence-electron chi connectivity index (χ1n) is 11.6. The van der Waals surface area contributed by atoms with Gasteiger partial charge in [0.1, 0.15) is 24.3 Å². The van der Waals surface area contributed by atoms with Crippen molar-refractivity contribution in [3.05, 3.63) is 41.2 Å². The van der Waals surface area contributed by atoms with E-state index in [-0.39, 0.29) is 12.0 Å². The Morgan fingerprint density at radius 3 is 2.78 bits per heavy atom. The molecule has 2 heterocycles. The highest BCUT2D eigenvalue weighted by Gasteiger charge is 2.24. The van der Waals surface area contributed by atoms with Crippen LogP contribution in [0.3, 0.4) is 0 Å². The minimum atomic E-state index is 0.0833. The molecule has 0 saturated heterocycles. The number of nitrogens with zero attached hydrogens (tertiary/aromatic N) is 3. The molecule has 0 aliphatic heterocycles. The summed E-state index contributed by atoms with van der Waals surface area (Å²) in [5, 5.41) is 0. The molecule has 0 radical (unpaired) electrons. The molecule has 7 heteroatoms. The lowest BCUT2D eigenvalue weighted by atomic mass is 9.88. The summed E-state index contributed by atoms with van der Waals surface area (Å²) in [6, 6.07) is 4.43. The Bertz CT molecular complexity index is 921. The summed E-state index contributed by atoms with van der Waals surface area (Å²) in [5.74, 6) is 1.57. The van der Waals surface area contributed by atoms with Crippen LogP contribution >= 0.6 is 11.5 Å². The number of pyridine rings is 1. The van der Waals surface area contributed by atoms with Crippen molar-refractivity contribution in [3.63, 3.8) is 0 Å². The minimum Gasteiger partial charge on any atom is -0.489 e. The van der Waals surface area contributed by atoms with E-state index in [1.165, 1.54) is 37.2 Å². The SMILES string of the molecule is C=C(OCc1c(-c2ccc(OC3CCC[C@H](C=O)C3)cn2)nsc1C)N(C)C1CCCC1. The van der Waals surface area contributed by atoms with Crippen molar-refractivity contribution >= 4 is 17.8 Å². The van der Waals surface area contributed by atoms with Gasteiger partial charge in [0.05, 0.1) is 18.0 Å². The molecule has 0 N–H and O–H groups in total. The molecule has 1 unspecified atom stereocenters.